The molecule has 2 aromatic carbocycles. The molecule has 3 N–H and O–H groups in total. The summed E-state index contributed by atoms with van der Waals surface area (Å²) in [7, 11) is 0. The third-order valence-electron chi connectivity index (χ3n) is 3.35. The molecule has 1 heterocycles. The van der Waals surface area contributed by atoms with Crippen molar-refractivity contribution >= 4 is 28.9 Å². The summed E-state index contributed by atoms with van der Waals surface area (Å²) in [5.41, 5.74) is 7.06. The van der Waals surface area contributed by atoms with Gasteiger partial charge in [-0.05, 0) is 30.4 Å². The predicted molar refractivity (Wildman–Crippen MR) is 88.6 cm³/mol. The van der Waals surface area contributed by atoms with Gasteiger partial charge < -0.3 is 10.1 Å². The predicted octanol–water partition coefficient (Wildman–Crippen LogP) is 2.18. The second-order valence-electron chi connectivity index (χ2n) is 4.84. The van der Waals surface area contributed by atoms with Crippen LogP contribution in [0.15, 0.2) is 54.6 Å². The number of rotatable bonds is 2. The fourth-order valence-electron chi connectivity index (χ4n) is 2.27. The Labute approximate surface area is 133 Å². The minimum Gasteiger partial charge on any atom is -0.492 e. The average Bonchev–Trinajstić information content (AvgIpc) is 2.98. The number of hydrogen-bond donors (Lipinski definition) is 3. The smallest absolute Gasteiger partial charge is 0.249 e. The summed E-state index contributed by atoms with van der Waals surface area (Å²) in [6, 6.07) is 17.0. The van der Waals surface area contributed by atoms with Crippen LogP contribution < -0.4 is 20.9 Å². The van der Waals surface area contributed by atoms with Crippen LogP contribution in [0, 0.1) is 0 Å². The highest BCUT2D eigenvalue weighted by atomic mass is 32.1. The van der Waals surface area contributed by atoms with Crippen molar-refractivity contribution in [2.45, 2.75) is 5.92 Å². The molecule has 0 fully saturated rings. The highest BCUT2D eigenvalue weighted by Crippen LogP contribution is 2.33. The second kappa shape index (κ2) is 6.44. The largest absolute Gasteiger partial charge is 0.492 e. The van der Waals surface area contributed by atoms with Crippen LogP contribution in [-0.2, 0) is 4.79 Å². The lowest BCUT2D eigenvalue weighted by atomic mass is 10.0. The van der Waals surface area contributed by atoms with E-state index in [0.29, 0.717) is 11.7 Å². The van der Waals surface area contributed by atoms with Crippen LogP contribution in [0.25, 0.3) is 0 Å². The molecule has 2 aromatic rings. The first-order valence-electron chi connectivity index (χ1n) is 6.87. The first kappa shape index (κ1) is 14.3. The third kappa shape index (κ3) is 3.17. The van der Waals surface area contributed by atoms with E-state index < -0.39 is 0 Å². The lowest BCUT2D eigenvalue weighted by Gasteiger charge is -2.14. The molecule has 1 amide bonds. The molecular formula is C16H15N3O2S. The van der Waals surface area contributed by atoms with Gasteiger partial charge in [-0.1, -0.05) is 36.4 Å². The number of nitrogens with one attached hydrogen (secondary N) is 3. The molecule has 0 aromatic heterocycles. The summed E-state index contributed by atoms with van der Waals surface area (Å²) in [5.74, 6) is 0.248. The number of fused-ring (bicyclic) bond motifs is 1. The van der Waals surface area contributed by atoms with Crippen molar-refractivity contribution in [2.75, 3.05) is 11.9 Å². The second-order valence-corrected chi connectivity index (χ2v) is 5.24. The summed E-state index contributed by atoms with van der Waals surface area (Å²) < 4.78 is 5.50. The Kier molecular flexibility index (Phi) is 4.20. The molecule has 6 heteroatoms. The molecule has 112 valence electrons. The number of carbonyl (C=O) groups is 1. The number of carbonyl (C=O) groups excluding carboxylic acids is 1. The zero-order valence-corrected chi connectivity index (χ0v) is 12.5. The first-order chi connectivity index (χ1) is 10.7. The van der Waals surface area contributed by atoms with Crippen molar-refractivity contribution in [2.24, 2.45) is 0 Å². The van der Waals surface area contributed by atoms with Crippen LogP contribution in [0.3, 0.4) is 0 Å². The van der Waals surface area contributed by atoms with E-state index in [-0.39, 0.29) is 11.8 Å². The van der Waals surface area contributed by atoms with E-state index >= 15 is 0 Å². The molecule has 1 aliphatic heterocycles. The summed E-state index contributed by atoms with van der Waals surface area (Å²) in [6.45, 7) is 0.339. The van der Waals surface area contributed by atoms with Crippen LogP contribution >= 0.6 is 12.2 Å². The van der Waals surface area contributed by atoms with E-state index in [1.54, 1.807) is 0 Å². The quantitative estimate of drug-likeness (QED) is 0.586. The van der Waals surface area contributed by atoms with Crippen molar-refractivity contribution in [3.63, 3.8) is 0 Å². The van der Waals surface area contributed by atoms with E-state index in [0.717, 1.165) is 17.0 Å². The summed E-state index contributed by atoms with van der Waals surface area (Å²) >= 11 is 5.14. The number of thiocarbonyl (C=S) groups is 1. The van der Waals surface area contributed by atoms with Crippen LogP contribution in [0.5, 0.6) is 5.75 Å². The zero-order valence-electron chi connectivity index (χ0n) is 11.7. The van der Waals surface area contributed by atoms with E-state index in [1.165, 1.54) is 0 Å². The minimum atomic E-state index is -0.330. The molecule has 0 spiro atoms. The van der Waals surface area contributed by atoms with Crippen LogP contribution in [0.2, 0.25) is 0 Å². The van der Waals surface area contributed by atoms with Gasteiger partial charge in [-0.25, -0.2) is 0 Å². The van der Waals surface area contributed by atoms with Gasteiger partial charge in [-0.3, -0.25) is 15.6 Å². The van der Waals surface area contributed by atoms with Gasteiger partial charge in [-0.15, -0.1) is 0 Å². The van der Waals surface area contributed by atoms with E-state index in [2.05, 4.69) is 16.2 Å². The van der Waals surface area contributed by atoms with E-state index in [9.17, 15) is 4.79 Å². The Bertz CT molecular complexity index is 691. The normalized spacial score (nSPS) is 15.4. The number of hydrogen-bond acceptors (Lipinski definition) is 3. The Morgan fingerprint density at radius 2 is 1.77 bits per heavy atom. The lowest BCUT2D eigenvalue weighted by Crippen LogP contribution is -2.46. The summed E-state index contributed by atoms with van der Waals surface area (Å²) in [4.78, 5) is 12.2. The third-order valence-corrected chi connectivity index (χ3v) is 3.55. The fraction of sp³-hybridized carbons (Fsp3) is 0.125. The highest BCUT2D eigenvalue weighted by Gasteiger charge is 2.29. The van der Waals surface area contributed by atoms with Crippen molar-refractivity contribution < 1.29 is 9.53 Å². The number of para-hydroxylation sites is 2. The monoisotopic (exact) mass is 313 g/mol. The Morgan fingerprint density at radius 1 is 1.05 bits per heavy atom. The van der Waals surface area contributed by atoms with Gasteiger partial charge in [0.25, 0.3) is 0 Å². The van der Waals surface area contributed by atoms with Crippen LogP contribution in [0.1, 0.15) is 11.5 Å². The van der Waals surface area contributed by atoms with Gasteiger partial charge in [0, 0.05) is 11.3 Å². The molecule has 1 aliphatic rings. The van der Waals surface area contributed by atoms with Gasteiger partial charge in [0.05, 0.1) is 0 Å². The topological polar surface area (TPSA) is 62.4 Å². The SMILES string of the molecule is O=C(NNC(=S)Nc1ccccc1)C1COc2ccccc21. The molecule has 0 aliphatic carbocycles. The maximum atomic E-state index is 12.2. The van der Waals surface area contributed by atoms with Crippen molar-refractivity contribution in [1.82, 2.24) is 10.9 Å². The van der Waals surface area contributed by atoms with Gasteiger partial charge in [-0.2, -0.15) is 0 Å². The van der Waals surface area contributed by atoms with Gasteiger partial charge in [0.1, 0.15) is 18.3 Å². The van der Waals surface area contributed by atoms with Gasteiger partial charge in [0.2, 0.25) is 5.91 Å². The molecule has 0 bridgehead atoms. The number of amides is 1. The number of anilines is 1. The van der Waals surface area contributed by atoms with Crippen LogP contribution in [-0.4, -0.2) is 17.6 Å². The minimum absolute atomic E-state index is 0.179. The maximum Gasteiger partial charge on any atom is 0.249 e. The fourth-order valence-corrected chi connectivity index (χ4v) is 2.44. The Morgan fingerprint density at radius 3 is 2.59 bits per heavy atom. The molecule has 22 heavy (non-hydrogen) atoms. The standard InChI is InChI=1S/C16H15N3O2S/c20-15(13-10-21-14-9-5-4-8-12(13)14)18-19-16(22)17-11-6-2-1-3-7-11/h1-9,13H,10H2,(H,18,20)(H2,17,19,22). The van der Waals surface area contributed by atoms with Gasteiger partial charge >= 0.3 is 0 Å². The molecule has 0 saturated carbocycles. The average molecular weight is 313 g/mol. The van der Waals surface area contributed by atoms with Crippen molar-refractivity contribution in [1.29, 1.82) is 0 Å². The number of benzene rings is 2. The zero-order chi connectivity index (χ0) is 15.4. The molecular weight excluding hydrogens is 298 g/mol. The van der Waals surface area contributed by atoms with E-state index in [4.69, 9.17) is 17.0 Å². The molecule has 3 rings (SSSR count). The van der Waals surface area contributed by atoms with Crippen molar-refractivity contribution in [3.8, 4) is 5.75 Å². The Hall–Kier alpha value is -2.60. The number of hydrazine groups is 1. The first-order valence-corrected chi connectivity index (χ1v) is 7.28. The molecule has 1 atom stereocenters. The highest BCUT2D eigenvalue weighted by molar-refractivity contribution is 7.80. The van der Waals surface area contributed by atoms with E-state index in [1.807, 2.05) is 54.6 Å². The summed E-state index contributed by atoms with van der Waals surface area (Å²) in [5, 5.41) is 3.31. The lowest BCUT2D eigenvalue weighted by molar-refractivity contribution is -0.123. The molecule has 0 radical (unpaired) electrons. The maximum absolute atomic E-state index is 12.2. The van der Waals surface area contributed by atoms with Gasteiger partial charge in [0.15, 0.2) is 5.11 Å². The van der Waals surface area contributed by atoms with Crippen LogP contribution in [0.4, 0.5) is 5.69 Å². The molecule has 5 nitrogen and oxygen atoms in total. The Balaban J connectivity index is 1.54. The molecule has 0 saturated heterocycles. The van der Waals surface area contributed by atoms with Crippen molar-refractivity contribution in [3.05, 3.63) is 60.2 Å². The number of ether oxygens (including phenoxy) is 1. The summed E-state index contributed by atoms with van der Waals surface area (Å²) in [6.07, 6.45) is 0. The molecule has 1 unspecified atom stereocenters.